The van der Waals surface area contributed by atoms with E-state index in [-0.39, 0.29) is 11.5 Å². The van der Waals surface area contributed by atoms with Crippen LogP contribution < -0.4 is 15.6 Å². The van der Waals surface area contributed by atoms with E-state index in [2.05, 4.69) is 15.4 Å². The Balaban J connectivity index is 1.52. The van der Waals surface area contributed by atoms with Gasteiger partial charge in [-0.15, -0.1) is 0 Å². The fourth-order valence-corrected chi connectivity index (χ4v) is 3.01. The molecule has 0 aliphatic rings. The zero-order valence-corrected chi connectivity index (χ0v) is 15.8. The van der Waals surface area contributed by atoms with E-state index in [0.717, 1.165) is 11.3 Å². The molecule has 0 saturated carbocycles. The molecule has 3 heterocycles. The van der Waals surface area contributed by atoms with Crippen molar-refractivity contribution in [1.82, 2.24) is 24.5 Å². The highest BCUT2D eigenvalue weighted by Gasteiger charge is 2.10. The predicted octanol–water partition coefficient (Wildman–Crippen LogP) is 2.00. The highest BCUT2D eigenvalue weighted by molar-refractivity contribution is 5.93. The molecule has 0 radical (unpaired) electrons. The van der Waals surface area contributed by atoms with Gasteiger partial charge >= 0.3 is 0 Å². The summed E-state index contributed by atoms with van der Waals surface area (Å²) in [6.07, 6.45) is 6.49. The summed E-state index contributed by atoms with van der Waals surface area (Å²) in [5.74, 6) is 0.498. The van der Waals surface area contributed by atoms with Gasteiger partial charge in [0.2, 0.25) is 0 Å². The maximum atomic E-state index is 12.8. The van der Waals surface area contributed by atoms with Crippen molar-refractivity contribution in [3.05, 3.63) is 83.2 Å². The summed E-state index contributed by atoms with van der Waals surface area (Å²) in [5, 5.41) is 7.27. The van der Waals surface area contributed by atoms with Gasteiger partial charge in [0.15, 0.2) is 0 Å². The molecule has 4 aromatic rings. The van der Waals surface area contributed by atoms with Crippen LogP contribution in [0.5, 0.6) is 5.75 Å². The highest BCUT2D eigenvalue weighted by Crippen LogP contribution is 2.23. The molecule has 8 nitrogen and oxygen atoms in total. The topological polar surface area (TPSA) is 90.5 Å². The average Bonchev–Trinajstić information content (AvgIpc) is 3.21. The number of aromatic nitrogens is 4. The second-order valence-corrected chi connectivity index (χ2v) is 6.39. The monoisotopic (exact) mass is 389 g/mol. The lowest BCUT2D eigenvalue weighted by molar-refractivity contribution is 0.0952. The van der Waals surface area contributed by atoms with E-state index < -0.39 is 0 Å². The zero-order valence-electron chi connectivity index (χ0n) is 15.8. The molecule has 4 rings (SSSR count). The minimum absolute atomic E-state index is 0.176. The van der Waals surface area contributed by atoms with E-state index in [1.165, 1.54) is 6.20 Å². The third-order valence-corrected chi connectivity index (χ3v) is 4.53. The summed E-state index contributed by atoms with van der Waals surface area (Å²) < 4.78 is 8.36. The van der Waals surface area contributed by atoms with Gasteiger partial charge in [-0.25, -0.2) is 4.52 Å². The van der Waals surface area contributed by atoms with E-state index in [1.54, 1.807) is 53.0 Å². The Morgan fingerprint density at radius 3 is 2.86 bits per heavy atom. The molecule has 0 saturated heterocycles. The summed E-state index contributed by atoms with van der Waals surface area (Å²) in [6.45, 7) is 0.668. The first-order valence-electron chi connectivity index (χ1n) is 9.07. The second kappa shape index (κ2) is 7.97. The number of carbonyl (C=O) groups excluding carboxylic acids is 1. The number of ether oxygens (including phenoxy) is 1. The molecule has 1 N–H and O–H groups in total. The van der Waals surface area contributed by atoms with Gasteiger partial charge in [0.25, 0.3) is 11.5 Å². The molecule has 146 valence electrons. The summed E-state index contributed by atoms with van der Waals surface area (Å²) in [7, 11) is 1.61. The molecule has 3 aromatic heterocycles. The molecular weight excluding hydrogens is 370 g/mol. The average molecular weight is 389 g/mol. The largest absolute Gasteiger partial charge is 0.497 e. The van der Waals surface area contributed by atoms with Crippen molar-refractivity contribution in [2.24, 2.45) is 0 Å². The van der Waals surface area contributed by atoms with E-state index in [1.807, 2.05) is 24.3 Å². The van der Waals surface area contributed by atoms with Crippen molar-refractivity contribution >= 4 is 11.4 Å². The summed E-state index contributed by atoms with van der Waals surface area (Å²) in [5.41, 5.74) is 2.31. The van der Waals surface area contributed by atoms with Crippen molar-refractivity contribution in [3.63, 3.8) is 0 Å². The minimum atomic E-state index is -0.225. The van der Waals surface area contributed by atoms with Gasteiger partial charge in [-0.1, -0.05) is 12.1 Å². The number of pyridine rings is 1. The molecule has 29 heavy (non-hydrogen) atoms. The zero-order chi connectivity index (χ0) is 20.2. The van der Waals surface area contributed by atoms with Crippen LogP contribution in [0.3, 0.4) is 0 Å². The molecule has 8 heteroatoms. The molecule has 0 atom stereocenters. The number of nitrogens with zero attached hydrogens (tertiary/aromatic N) is 4. The van der Waals surface area contributed by atoms with Crippen LogP contribution in [0.2, 0.25) is 0 Å². The first kappa shape index (κ1) is 18.4. The third kappa shape index (κ3) is 3.86. The van der Waals surface area contributed by atoms with Crippen molar-refractivity contribution in [3.8, 4) is 17.0 Å². The Morgan fingerprint density at radius 1 is 1.17 bits per heavy atom. The Morgan fingerprint density at radius 2 is 2.07 bits per heavy atom. The lowest BCUT2D eigenvalue weighted by Crippen LogP contribution is -2.31. The van der Waals surface area contributed by atoms with Gasteiger partial charge in [0, 0.05) is 43.4 Å². The van der Waals surface area contributed by atoms with Gasteiger partial charge in [-0.3, -0.25) is 14.6 Å². The van der Waals surface area contributed by atoms with Crippen LogP contribution in [-0.4, -0.2) is 38.7 Å². The third-order valence-electron chi connectivity index (χ3n) is 4.53. The van der Waals surface area contributed by atoms with Gasteiger partial charge < -0.3 is 14.6 Å². The molecule has 0 aliphatic heterocycles. The van der Waals surface area contributed by atoms with Gasteiger partial charge in [-0.2, -0.15) is 5.10 Å². The van der Waals surface area contributed by atoms with Crippen LogP contribution in [0.1, 0.15) is 10.4 Å². The van der Waals surface area contributed by atoms with Gasteiger partial charge in [0.1, 0.15) is 11.3 Å². The number of methoxy groups -OCH3 is 1. The van der Waals surface area contributed by atoms with Crippen molar-refractivity contribution in [1.29, 1.82) is 0 Å². The smallest absolute Gasteiger partial charge is 0.276 e. The normalized spacial score (nSPS) is 10.8. The fraction of sp³-hybridized carbons (Fsp3) is 0.143. The first-order valence-corrected chi connectivity index (χ1v) is 9.07. The Labute approximate surface area is 166 Å². The number of hydrogen-bond donors (Lipinski definition) is 1. The van der Waals surface area contributed by atoms with Crippen LogP contribution in [0.15, 0.2) is 72.0 Å². The number of benzene rings is 1. The second-order valence-electron chi connectivity index (χ2n) is 6.39. The maximum Gasteiger partial charge on any atom is 0.276 e. The van der Waals surface area contributed by atoms with E-state index >= 15 is 0 Å². The molecular formula is C21H19N5O3. The maximum absolute atomic E-state index is 12.8. The van der Waals surface area contributed by atoms with Crippen molar-refractivity contribution in [2.75, 3.05) is 13.7 Å². The summed E-state index contributed by atoms with van der Waals surface area (Å²) in [4.78, 5) is 28.8. The van der Waals surface area contributed by atoms with Gasteiger partial charge in [-0.05, 0) is 30.3 Å². The summed E-state index contributed by atoms with van der Waals surface area (Å²) in [6, 6.07) is 12.7. The van der Waals surface area contributed by atoms with Crippen LogP contribution in [0, 0.1) is 0 Å². The number of fused-ring (bicyclic) bond motifs is 1. The van der Waals surface area contributed by atoms with Crippen LogP contribution in [0.4, 0.5) is 0 Å². The van der Waals surface area contributed by atoms with E-state index in [0.29, 0.717) is 29.9 Å². The first-order chi connectivity index (χ1) is 14.2. The predicted molar refractivity (Wildman–Crippen MR) is 108 cm³/mol. The van der Waals surface area contributed by atoms with Crippen LogP contribution >= 0.6 is 0 Å². The van der Waals surface area contributed by atoms with Gasteiger partial charge in [0.05, 0.1) is 18.4 Å². The minimum Gasteiger partial charge on any atom is -0.497 e. The molecule has 0 aliphatic carbocycles. The number of nitrogens with one attached hydrogen (secondary N) is 1. The van der Waals surface area contributed by atoms with Crippen molar-refractivity contribution < 1.29 is 9.53 Å². The fourth-order valence-electron chi connectivity index (χ4n) is 3.01. The van der Waals surface area contributed by atoms with Crippen molar-refractivity contribution in [2.45, 2.75) is 6.54 Å². The van der Waals surface area contributed by atoms with E-state index in [9.17, 15) is 9.59 Å². The standard InChI is InChI=1S/C21H19N5O3/c1-29-17-6-2-4-15(12-17)18-13-19-21(28)25(10-11-26(19)24-18)9-8-23-20(27)16-5-3-7-22-14-16/h2-7,10-14H,8-9H2,1H3,(H,23,27). The highest BCUT2D eigenvalue weighted by atomic mass is 16.5. The van der Waals surface area contributed by atoms with Crippen LogP contribution in [-0.2, 0) is 6.54 Å². The Hall–Kier alpha value is -3.94. The number of amides is 1. The molecule has 0 spiro atoms. The molecule has 0 bridgehead atoms. The quantitative estimate of drug-likeness (QED) is 0.545. The lowest BCUT2D eigenvalue weighted by atomic mass is 10.1. The number of carbonyl (C=O) groups is 1. The number of hydrogen-bond acceptors (Lipinski definition) is 5. The van der Waals surface area contributed by atoms with E-state index in [4.69, 9.17) is 4.74 Å². The molecule has 1 aromatic carbocycles. The summed E-state index contributed by atoms with van der Waals surface area (Å²) >= 11 is 0. The molecule has 0 unspecified atom stereocenters. The molecule has 0 fully saturated rings. The Bertz CT molecular complexity index is 1210. The number of rotatable bonds is 6. The lowest BCUT2D eigenvalue weighted by Gasteiger charge is -2.07. The Kier molecular flexibility index (Phi) is 5.07. The molecule has 1 amide bonds. The SMILES string of the molecule is COc1cccc(-c2cc3c(=O)n(CCNC(=O)c4cccnc4)ccn3n2)c1. The van der Waals surface area contributed by atoms with Crippen LogP contribution in [0.25, 0.3) is 16.8 Å².